The first-order valence-corrected chi connectivity index (χ1v) is 6.40. The lowest BCUT2D eigenvalue weighted by Crippen LogP contribution is -2.16. The Morgan fingerprint density at radius 3 is 2.65 bits per heavy atom. The number of rotatable bonds is 6. The molecule has 0 spiro atoms. The number of anilines is 1. The summed E-state index contributed by atoms with van der Waals surface area (Å²) in [4.78, 5) is 15.8. The Morgan fingerprint density at radius 2 is 2.00 bits per heavy atom. The molecule has 0 aliphatic carbocycles. The van der Waals surface area contributed by atoms with Crippen molar-refractivity contribution in [2.45, 2.75) is 13.0 Å². The van der Waals surface area contributed by atoms with Crippen molar-refractivity contribution < 1.29 is 9.53 Å². The number of nitrogens with one attached hydrogen (secondary N) is 1. The van der Waals surface area contributed by atoms with Crippen molar-refractivity contribution >= 4 is 11.7 Å². The lowest BCUT2D eigenvalue weighted by Gasteiger charge is -2.07. The van der Waals surface area contributed by atoms with E-state index in [1.54, 1.807) is 12.3 Å². The molecule has 1 aromatic heterocycles. The minimum Gasteiger partial charge on any atom is -0.493 e. The number of pyridine rings is 1. The van der Waals surface area contributed by atoms with Crippen molar-refractivity contribution in [3.05, 3.63) is 54.2 Å². The van der Waals surface area contributed by atoms with E-state index in [9.17, 15) is 4.79 Å². The van der Waals surface area contributed by atoms with Crippen molar-refractivity contribution in [1.82, 2.24) is 4.98 Å². The fraction of sp³-hybridized carbons (Fsp3) is 0.200. The summed E-state index contributed by atoms with van der Waals surface area (Å²) >= 11 is 0. The van der Waals surface area contributed by atoms with E-state index < -0.39 is 0 Å². The van der Waals surface area contributed by atoms with Crippen LogP contribution in [0.2, 0.25) is 0 Å². The largest absolute Gasteiger partial charge is 0.493 e. The molecule has 0 radical (unpaired) electrons. The van der Waals surface area contributed by atoms with Crippen molar-refractivity contribution in [1.29, 1.82) is 0 Å². The number of hydrogen-bond donors (Lipinski definition) is 2. The second-order valence-electron chi connectivity index (χ2n) is 4.22. The normalized spacial score (nSPS) is 10.1. The van der Waals surface area contributed by atoms with Gasteiger partial charge in [0.15, 0.2) is 0 Å². The summed E-state index contributed by atoms with van der Waals surface area (Å²) < 4.78 is 5.45. The Kier molecular flexibility index (Phi) is 5.08. The monoisotopic (exact) mass is 271 g/mol. The van der Waals surface area contributed by atoms with Gasteiger partial charge in [-0.25, -0.2) is 4.98 Å². The quantitative estimate of drug-likeness (QED) is 0.841. The maximum Gasteiger partial charge on any atom is 0.228 e. The van der Waals surface area contributed by atoms with Gasteiger partial charge in [0.25, 0.3) is 0 Å². The summed E-state index contributed by atoms with van der Waals surface area (Å²) in [6.45, 7) is 0.767. The molecule has 1 amide bonds. The van der Waals surface area contributed by atoms with Crippen LogP contribution in [0.3, 0.4) is 0 Å². The molecular formula is C15H17N3O2. The molecule has 0 bridgehead atoms. The number of nitrogens with zero attached hydrogens (tertiary/aromatic N) is 1. The van der Waals surface area contributed by atoms with Crippen LogP contribution in [-0.2, 0) is 11.3 Å². The maximum atomic E-state index is 11.7. The highest BCUT2D eigenvalue weighted by Crippen LogP contribution is 2.09. The van der Waals surface area contributed by atoms with Crippen molar-refractivity contribution in [2.24, 2.45) is 5.73 Å². The van der Waals surface area contributed by atoms with E-state index in [1.165, 1.54) is 0 Å². The van der Waals surface area contributed by atoms with E-state index in [0.29, 0.717) is 19.0 Å². The molecule has 5 heteroatoms. The van der Waals surface area contributed by atoms with E-state index in [-0.39, 0.29) is 12.3 Å². The highest BCUT2D eigenvalue weighted by molar-refractivity contribution is 5.89. The predicted molar refractivity (Wildman–Crippen MR) is 77.3 cm³/mol. The van der Waals surface area contributed by atoms with E-state index in [4.69, 9.17) is 10.5 Å². The number of nitrogens with two attached hydrogens (primary N) is 1. The third-order valence-electron chi connectivity index (χ3n) is 2.67. The Hall–Kier alpha value is -2.40. The van der Waals surface area contributed by atoms with Gasteiger partial charge in [-0.1, -0.05) is 24.3 Å². The van der Waals surface area contributed by atoms with Crippen LogP contribution in [0, 0.1) is 0 Å². The average molecular weight is 271 g/mol. The molecule has 2 aromatic rings. The van der Waals surface area contributed by atoms with Crippen LogP contribution in [0.15, 0.2) is 48.7 Å². The maximum absolute atomic E-state index is 11.7. The minimum atomic E-state index is -0.131. The number of amides is 1. The Labute approximate surface area is 117 Å². The Morgan fingerprint density at radius 1 is 1.20 bits per heavy atom. The molecule has 0 aliphatic rings. The molecule has 0 atom stereocenters. The first-order valence-electron chi connectivity index (χ1n) is 6.40. The zero-order valence-electron chi connectivity index (χ0n) is 11.1. The average Bonchev–Trinajstić information content (AvgIpc) is 2.49. The van der Waals surface area contributed by atoms with Crippen LogP contribution >= 0.6 is 0 Å². The van der Waals surface area contributed by atoms with Gasteiger partial charge in [0.05, 0.1) is 13.0 Å². The third kappa shape index (κ3) is 4.37. The smallest absolute Gasteiger partial charge is 0.228 e. The molecule has 1 aromatic carbocycles. The van der Waals surface area contributed by atoms with Gasteiger partial charge in [-0.05, 0) is 23.8 Å². The lowest BCUT2D eigenvalue weighted by molar-refractivity contribution is -0.116. The molecule has 5 nitrogen and oxygen atoms in total. The van der Waals surface area contributed by atoms with Gasteiger partial charge in [0, 0.05) is 12.7 Å². The minimum absolute atomic E-state index is 0.131. The van der Waals surface area contributed by atoms with Gasteiger partial charge in [0.2, 0.25) is 5.91 Å². The van der Waals surface area contributed by atoms with Crippen LogP contribution in [0.1, 0.15) is 12.0 Å². The predicted octanol–water partition coefficient (Wildman–Crippen LogP) is 1.95. The summed E-state index contributed by atoms with van der Waals surface area (Å²) in [5.74, 6) is 1.14. The second kappa shape index (κ2) is 7.25. The highest BCUT2D eigenvalue weighted by atomic mass is 16.5. The first kappa shape index (κ1) is 14.0. The summed E-state index contributed by atoms with van der Waals surface area (Å²) in [6, 6.07) is 13.0. The standard InChI is InChI=1S/C15H17N3O2/c16-10-12-6-7-14(17-11-12)18-15(19)8-9-20-13-4-2-1-3-5-13/h1-7,11H,8-10,16H2,(H,17,18,19). The Balaban J connectivity index is 1.74. The van der Waals surface area contributed by atoms with E-state index in [2.05, 4.69) is 10.3 Å². The second-order valence-corrected chi connectivity index (χ2v) is 4.22. The van der Waals surface area contributed by atoms with Gasteiger partial charge in [0.1, 0.15) is 11.6 Å². The number of benzene rings is 1. The van der Waals surface area contributed by atoms with Crippen molar-refractivity contribution in [3.8, 4) is 5.75 Å². The van der Waals surface area contributed by atoms with Gasteiger partial charge in [-0.2, -0.15) is 0 Å². The van der Waals surface area contributed by atoms with Gasteiger partial charge in [-0.3, -0.25) is 4.79 Å². The summed E-state index contributed by atoms with van der Waals surface area (Å²) in [5, 5.41) is 2.71. The molecule has 1 heterocycles. The molecule has 20 heavy (non-hydrogen) atoms. The van der Waals surface area contributed by atoms with Gasteiger partial charge >= 0.3 is 0 Å². The van der Waals surface area contributed by atoms with Crippen LogP contribution in [0.4, 0.5) is 5.82 Å². The zero-order valence-corrected chi connectivity index (χ0v) is 11.1. The number of aromatic nitrogens is 1. The molecule has 3 N–H and O–H groups in total. The molecule has 0 fully saturated rings. The van der Waals surface area contributed by atoms with Gasteiger partial charge in [-0.15, -0.1) is 0 Å². The zero-order chi connectivity index (χ0) is 14.2. The molecular weight excluding hydrogens is 254 g/mol. The fourth-order valence-corrected chi connectivity index (χ4v) is 1.60. The topological polar surface area (TPSA) is 77.2 Å². The molecule has 0 unspecified atom stereocenters. The van der Waals surface area contributed by atoms with Crippen molar-refractivity contribution in [2.75, 3.05) is 11.9 Å². The number of carbonyl (C=O) groups is 1. The summed E-state index contributed by atoms with van der Waals surface area (Å²) in [7, 11) is 0. The molecule has 0 saturated heterocycles. The SMILES string of the molecule is NCc1ccc(NC(=O)CCOc2ccccc2)nc1. The van der Waals surface area contributed by atoms with Crippen LogP contribution in [0.25, 0.3) is 0 Å². The summed E-state index contributed by atoms with van der Waals surface area (Å²) in [5.41, 5.74) is 6.40. The Bertz CT molecular complexity index is 541. The van der Waals surface area contributed by atoms with E-state index in [1.807, 2.05) is 36.4 Å². The van der Waals surface area contributed by atoms with Crippen LogP contribution < -0.4 is 15.8 Å². The van der Waals surface area contributed by atoms with Gasteiger partial charge < -0.3 is 15.8 Å². The summed E-state index contributed by atoms with van der Waals surface area (Å²) in [6.07, 6.45) is 1.92. The fourth-order valence-electron chi connectivity index (χ4n) is 1.60. The highest BCUT2D eigenvalue weighted by Gasteiger charge is 2.03. The number of para-hydroxylation sites is 1. The first-order chi connectivity index (χ1) is 9.78. The van der Waals surface area contributed by atoms with Crippen LogP contribution in [0.5, 0.6) is 5.75 Å². The van der Waals surface area contributed by atoms with E-state index >= 15 is 0 Å². The van der Waals surface area contributed by atoms with E-state index in [0.717, 1.165) is 11.3 Å². The molecule has 104 valence electrons. The number of carbonyl (C=O) groups excluding carboxylic acids is 1. The van der Waals surface area contributed by atoms with Crippen LogP contribution in [-0.4, -0.2) is 17.5 Å². The third-order valence-corrected chi connectivity index (χ3v) is 2.67. The lowest BCUT2D eigenvalue weighted by atomic mass is 10.3. The van der Waals surface area contributed by atoms with Crippen molar-refractivity contribution in [3.63, 3.8) is 0 Å². The molecule has 2 rings (SSSR count). The molecule has 0 saturated carbocycles. The number of ether oxygens (including phenoxy) is 1. The molecule has 0 aliphatic heterocycles. The number of hydrogen-bond acceptors (Lipinski definition) is 4.